The summed E-state index contributed by atoms with van der Waals surface area (Å²) in [6.45, 7) is 4.06. The van der Waals surface area contributed by atoms with E-state index in [4.69, 9.17) is 9.47 Å². The van der Waals surface area contributed by atoms with Crippen molar-refractivity contribution in [3.63, 3.8) is 0 Å². The average Bonchev–Trinajstić information content (AvgIpc) is 2.28. The van der Waals surface area contributed by atoms with Crippen LogP contribution in [0.15, 0.2) is 18.3 Å². The zero-order valence-electron chi connectivity index (χ0n) is 10.3. The first-order valence-corrected chi connectivity index (χ1v) is 6.06. The molecule has 1 saturated heterocycles. The molecule has 2 unspecified atom stereocenters. The molecule has 4 heteroatoms. The van der Waals surface area contributed by atoms with Crippen molar-refractivity contribution in [2.45, 2.75) is 51.6 Å². The minimum absolute atomic E-state index is 0.0441. The highest BCUT2D eigenvalue weighted by Crippen LogP contribution is 2.24. The second-order valence-corrected chi connectivity index (χ2v) is 4.59. The van der Waals surface area contributed by atoms with Gasteiger partial charge < -0.3 is 14.6 Å². The maximum absolute atomic E-state index is 9.21. The summed E-state index contributed by atoms with van der Waals surface area (Å²) in [7, 11) is 0. The van der Waals surface area contributed by atoms with Crippen LogP contribution in [0, 0.1) is 0 Å². The molecule has 1 aliphatic rings. The molecule has 4 nitrogen and oxygen atoms in total. The molecule has 0 amide bonds. The molecular weight excluding hydrogens is 218 g/mol. The lowest BCUT2D eigenvalue weighted by atomic mass is 10.0. The number of aliphatic hydroxyl groups excluding tert-OH is 1. The summed E-state index contributed by atoms with van der Waals surface area (Å²) in [5.74, 6) is 0.543. The molecule has 2 heterocycles. The number of ether oxygens (including phenoxy) is 2. The first-order chi connectivity index (χ1) is 8.19. The number of aliphatic hydroxyl groups is 1. The Morgan fingerprint density at radius 2 is 2.12 bits per heavy atom. The fraction of sp³-hybridized carbons (Fsp3) is 0.615. The van der Waals surface area contributed by atoms with Crippen LogP contribution in [0.25, 0.3) is 0 Å². The summed E-state index contributed by atoms with van der Waals surface area (Å²) in [5.41, 5.74) is 0.735. The van der Waals surface area contributed by atoms with Gasteiger partial charge in [0.1, 0.15) is 6.10 Å². The van der Waals surface area contributed by atoms with E-state index in [0.717, 1.165) is 18.4 Å². The van der Waals surface area contributed by atoms with Crippen LogP contribution in [-0.2, 0) is 11.3 Å². The van der Waals surface area contributed by atoms with E-state index in [1.54, 1.807) is 12.3 Å². The van der Waals surface area contributed by atoms with Crippen LogP contribution in [0.3, 0.4) is 0 Å². The third-order valence-corrected chi connectivity index (χ3v) is 2.95. The van der Waals surface area contributed by atoms with Gasteiger partial charge >= 0.3 is 0 Å². The van der Waals surface area contributed by atoms with Crippen LogP contribution in [-0.4, -0.2) is 28.4 Å². The molecule has 0 saturated carbocycles. The van der Waals surface area contributed by atoms with Gasteiger partial charge in [0, 0.05) is 24.6 Å². The van der Waals surface area contributed by atoms with E-state index >= 15 is 0 Å². The van der Waals surface area contributed by atoms with Crippen molar-refractivity contribution in [1.29, 1.82) is 0 Å². The van der Waals surface area contributed by atoms with Crippen molar-refractivity contribution in [3.05, 3.63) is 23.9 Å². The van der Waals surface area contributed by atoms with Gasteiger partial charge in [0.05, 0.1) is 18.8 Å². The normalized spacial score (nSPS) is 29.0. The van der Waals surface area contributed by atoms with Gasteiger partial charge in [0.15, 0.2) is 0 Å². The van der Waals surface area contributed by atoms with E-state index in [1.165, 1.54) is 0 Å². The molecule has 2 rings (SSSR count). The lowest BCUT2D eigenvalue weighted by molar-refractivity contribution is -0.0732. The van der Waals surface area contributed by atoms with Gasteiger partial charge in [0.2, 0.25) is 5.88 Å². The van der Waals surface area contributed by atoms with Crippen molar-refractivity contribution in [3.8, 4) is 5.88 Å². The molecular formula is C13H19NO3. The third kappa shape index (κ3) is 3.17. The number of hydrogen-bond donors (Lipinski definition) is 1. The molecule has 0 aromatic carbocycles. The number of rotatable bonds is 3. The molecule has 0 bridgehead atoms. The monoisotopic (exact) mass is 237 g/mol. The molecule has 1 N–H and O–H groups in total. The molecule has 1 aliphatic heterocycles. The maximum atomic E-state index is 9.21. The van der Waals surface area contributed by atoms with Crippen molar-refractivity contribution >= 4 is 0 Å². The lowest BCUT2D eigenvalue weighted by Crippen LogP contribution is -2.36. The quantitative estimate of drug-likeness (QED) is 0.872. The van der Waals surface area contributed by atoms with E-state index in [9.17, 15) is 5.11 Å². The highest BCUT2D eigenvalue weighted by Gasteiger charge is 2.26. The molecule has 0 aliphatic carbocycles. The highest BCUT2D eigenvalue weighted by atomic mass is 16.5. The van der Waals surface area contributed by atoms with Crippen LogP contribution in [0.4, 0.5) is 0 Å². The van der Waals surface area contributed by atoms with Crippen LogP contribution < -0.4 is 4.74 Å². The van der Waals surface area contributed by atoms with Gasteiger partial charge in [-0.05, 0) is 26.0 Å². The summed E-state index contributed by atoms with van der Waals surface area (Å²) >= 11 is 0. The van der Waals surface area contributed by atoms with Crippen LogP contribution in [0.5, 0.6) is 5.88 Å². The van der Waals surface area contributed by atoms with E-state index in [0.29, 0.717) is 5.88 Å². The minimum atomic E-state index is -0.0441. The maximum Gasteiger partial charge on any atom is 0.219 e. The Morgan fingerprint density at radius 1 is 1.41 bits per heavy atom. The van der Waals surface area contributed by atoms with Crippen LogP contribution in [0.2, 0.25) is 0 Å². The minimum Gasteiger partial charge on any atom is -0.474 e. The lowest BCUT2D eigenvalue weighted by Gasteiger charge is -2.32. The van der Waals surface area contributed by atoms with E-state index in [2.05, 4.69) is 18.8 Å². The van der Waals surface area contributed by atoms with Crippen molar-refractivity contribution < 1.29 is 14.6 Å². The fourth-order valence-electron chi connectivity index (χ4n) is 2.25. The Kier molecular flexibility index (Phi) is 3.97. The van der Waals surface area contributed by atoms with Gasteiger partial charge in [-0.3, -0.25) is 0 Å². The SMILES string of the molecule is CC1CC(Oc2ncccc2CO)CC(C)O1. The fourth-order valence-corrected chi connectivity index (χ4v) is 2.25. The van der Waals surface area contributed by atoms with Gasteiger partial charge in [-0.15, -0.1) is 0 Å². The number of nitrogens with zero attached hydrogens (tertiary/aromatic N) is 1. The van der Waals surface area contributed by atoms with E-state index in [-0.39, 0.29) is 24.9 Å². The predicted octanol–water partition coefficient (Wildman–Crippen LogP) is 1.91. The topological polar surface area (TPSA) is 51.6 Å². The summed E-state index contributed by atoms with van der Waals surface area (Å²) < 4.78 is 11.5. The predicted molar refractivity (Wildman–Crippen MR) is 63.8 cm³/mol. The van der Waals surface area contributed by atoms with Crippen molar-refractivity contribution in [1.82, 2.24) is 4.98 Å². The number of pyridine rings is 1. The van der Waals surface area contributed by atoms with Crippen LogP contribution in [0.1, 0.15) is 32.3 Å². The Bertz CT molecular complexity index is 359. The number of hydrogen-bond acceptors (Lipinski definition) is 4. The van der Waals surface area contributed by atoms with Gasteiger partial charge in [-0.1, -0.05) is 0 Å². The molecule has 1 aromatic heterocycles. The van der Waals surface area contributed by atoms with E-state index in [1.807, 2.05) is 6.07 Å². The molecule has 94 valence electrons. The average molecular weight is 237 g/mol. The van der Waals surface area contributed by atoms with Gasteiger partial charge in [-0.25, -0.2) is 4.98 Å². The standard InChI is InChI=1S/C13H19NO3/c1-9-6-12(7-10(2)16-9)17-13-11(8-15)4-3-5-14-13/h3-5,9-10,12,15H,6-8H2,1-2H3. The summed E-state index contributed by atoms with van der Waals surface area (Å²) in [5, 5.41) is 9.21. The Hall–Kier alpha value is -1.13. The zero-order valence-corrected chi connectivity index (χ0v) is 10.3. The molecule has 1 aromatic rings. The third-order valence-electron chi connectivity index (χ3n) is 2.95. The smallest absolute Gasteiger partial charge is 0.219 e. The first kappa shape index (κ1) is 12.3. The number of aromatic nitrogens is 1. The first-order valence-electron chi connectivity index (χ1n) is 6.06. The Labute approximate surface area is 102 Å². The van der Waals surface area contributed by atoms with Crippen molar-refractivity contribution in [2.24, 2.45) is 0 Å². The molecule has 0 radical (unpaired) electrons. The molecule has 1 fully saturated rings. The molecule has 17 heavy (non-hydrogen) atoms. The van der Waals surface area contributed by atoms with Gasteiger partial charge in [-0.2, -0.15) is 0 Å². The summed E-state index contributed by atoms with van der Waals surface area (Å²) in [4.78, 5) is 4.17. The van der Waals surface area contributed by atoms with Crippen LogP contribution >= 0.6 is 0 Å². The summed E-state index contributed by atoms with van der Waals surface area (Å²) in [6, 6.07) is 3.63. The Morgan fingerprint density at radius 3 is 2.76 bits per heavy atom. The summed E-state index contributed by atoms with van der Waals surface area (Å²) in [6.07, 6.45) is 3.96. The second kappa shape index (κ2) is 5.47. The molecule has 0 spiro atoms. The van der Waals surface area contributed by atoms with Crippen molar-refractivity contribution in [2.75, 3.05) is 0 Å². The van der Waals surface area contributed by atoms with Gasteiger partial charge in [0.25, 0.3) is 0 Å². The highest BCUT2D eigenvalue weighted by molar-refractivity contribution is 5.24. The second-order valence-electron chi connectivity index (χ2n) is 4.59. The molecule has 2 atom stereocenters. The van der Waals surface area contributed by atoms with E-state index < -0.39 is 0 Å². The zero-order chi connectivity index (χ0) is 12.3. The largest absolute Gasteiger partial charge is 0.474 e. The Balaban J connectivity index is 2.04.